The van der Waals surface area contributed by atoms with Gasteiger partial charge in [-0.3, -0.25) is 9.69 Å². The van der Waals surface area contributed by atoms with Crippen molar-refractivity contribution in [2.75, 3.05) is 57.9 Å². The van der Waals surface area contributed by atoms with Gasteiger partial charge in [-0.2, -0.15) is 0 Å². The number of methoxy groups -OCH3 is 1. The number of hydrogen-bond donors (Lipinski definition) is 3. The Kier molecular flexibility index (Phi) is 12.8. The summed E-state index contributed by atoms with van der Waals surface area (Å²) in [6.07, 6.45) is 2.21. The third kappa shape index (κ3) is 9.80. The van der Waals surface area contributed by atoms with Crippen molar-refractivity contribution in [3.63, 3.8) is 0 Å². The summed E-state index contributed by atoms with van der Waals surface area (Å²) in [4.78, 5) is 31.2. The molecule has 5 rings (SSSR count). The number of aliphatic hydroxyl groups excluding tert-OH is 1. The fourth-order valence-electron chi connectivity index (χ4n) is 6.15. The average Bonchev–Trinajstić information content (AvgIpc) is 3.58. The molecular formula is C38H50N4O8. The molecule has 3 aromatic carbocycles. The molecule has 4 atom stereocenters. The van der Waals surface area contributed by atoms with Crippen molar-refractivity contribution in [2.24, 2.45) is 5.92 Å². The quantitative estimate of drug-likeness (QED) is 0.248. The van der Waals surface area contributed by atoms with Gasteiger partial charge in [0.2, 0.25) is 6.79 Å². The van der Waals surface area contributed by atoms with E-state index in [4.69, 9.17) is 23.7 Å². The molecule has 3 aromatic rings. The molecule has 50 heavy (non-hydrogen) atoms. The summed E-state index contributed by atoms with van der Waals surface area (Å²) in [5.74, 6) is 2.24. The molecule has 2 aliphatic heterocycles. The molecule has 12 nitrogen and oxygen atoms in total. The Labute approximate surface area is 294 Å². The molecule has 0 saturated heterocycles. The standard InChI is InChI=1S/C38H50N4O8/c1-25-20-42(26(2)23-43)37(44)32-19-30(40-38(45)39-29-10-13-31(46-5)14-11-29)12-16-33(32)50-27(3)8-6-7-17-47-36(25)22-41(4)21-28-9-15-34-35(18-28)49-24-48-34/h9-16,18-19,25-27,36,43H,6-8,17,20-24H2,1-5H3,(H2,39,40,45)/t25-,26+,27-,36+/m0/s1. The summed E-state index contributed by atoms with van der Waals surface area (Å²) >= 11 is 0. The van der Waals surface area contributed by atoms with Crippen LogP contribution in [-0.4, -0.2) is 92.3 Å². The van der Waals surface area contributed by atoms with E-state index in [1.165, 1.54) is 0 Å². The smallest absolute Gasteiger partial charge is 0.323 e. The van der Waals surface area contributed by atoms with Gasteiger partial charge in [-0.15, -0.1) is 0 Å². The zero-order chi connectivity index (χ0) is 35.6. The first-order valence-corrected chi connectivity index (χ1v) is 17.3. The van der Waals surface area contributed by atoms with Crippen LogP contribution in [0.5, 0.6) is 23.0 Å². The topological polar surface area (TPSA) is 131 Å². The van der Waals surface area contributed by atoms with Crippen LogP contribution in [-0.2, 0) is 11.3 Å². The van der Waals surface area contributed by atoms with Crippen LogP contribution in [0.25, 0.3) is 0 Å². The minimum Gasteiger partial charge on any atom is -0.497 e. The maximum atomic E-state index is 14.4. The minimum absolute atomic E-state index is 0.0741. The second-order valence-electron chi connectivity index (χ2n) is 13.2. The van der Waals surface area contributed by atoms with Crippen molar-refractivity contribution < 1.29 is 38.4 Å². The van der Waals surface area contributed by atoms with Crippen molar-refractivity contribution in [3.05, 3.63) is 71.8 Å². The van der Waals surface area contributed by atoms with E-state index in [1.54, 1.807) is 54.5 Å². The van der Waals surface area contributed by atoms with Gasteiger partial charge in [-0.25, -0.2) is 4.79 Å². The number of carbonyl (C=O) groups excluding carboxylic acids is 2. The summed E-state index contributed by atoms with van der Waals surface area (Å²) in [6, 6.07) is 17.1. The number of fused-ring (bicyclic) bond motifs is 2. The SMILES string of the molecule is COc1ccc(NC(=O)Nc2ccc3c(c2)C(=O)N([C@H](C)CO)C[C@H](C)[C@@H](CN(C)Cc2ccc4c(c2)OCO4)OCCCC[C@H](C)O3)cc1. The van der Waals surface area contributed by atoms with Crippen LogP contribution in [0.3, 0.4) is 0 Å². The zero-order valence-corrected chi connectivity index (χ0v) is 29.6. The number of anilines is 2. The second-order valence-corrected chi connectivity index (χ2v) is 13.2. The number of carbonyl (C=O) groups is 2. The molecule has 3 amide bonds. The van der Waals surface area contributed by atoms with Gasteiger partial charge in [-0.05, 0) is 100 Å². The molecule has 0 aliphatic carbocycles. The first kappa shape index (κ1) is 36.8. The fourth-order valence-corrected chi connectivity index (χ4v) is 6.15. The van der Waals surface area contributed by atoms with Crippen molar-refractivity contribution in [2.45, 2.75) is 64.8 Å². The second kappa shape index (κ2) is 17.4. The Morgan fingerprint density at radius 2 is 1.72 bits per heavy atom. The summed E-state index contributed by atoms with van der Waals surface area (Å²) < 4.78 is 29.1. The zero-order valence-electron chi connectivity index (χ0n) is 29.6. The number of likely N-dealkylation sites (N-methyl/N-ethyl adjacent to an activating group) is 1. The number of nitrogens with zero attached hydrogens (tertiary/aromatic N) is 2. The van der Waals surface area contributed by atoms with Gasteiger partial charge in [0.25, 0.3) is 5.91 Å². The Hall–Kier alpha value is -4.52. The van der Waals surface area contributed by atoms with Gasteiger partial charge in [0.15, 0.2) is 11.5 Å². The van der Waals surface area contributed by atoms with Crippen molar-refractivity contribution >= 4 is 23.3 Å². The van der Waals surface area contributed by atoms with Crippen LogP contribution in [0.4, 0.5) is 16.2 Å². The van der Waals surface area contributed by atoms with Gasteiger partial charge < -0.3 is 44.3 Å². The third-order valence-corrected chi connectivity index (χ3v) is 9.04. The predicted molar refractivity (Wildman–Crippen MR) is 191 cm³/mol. The summed E-state index contributed by atoms with van der Waals surface area (Å²) in [5.41, 5.74) is 2.42. The average molecular weight is 691 g/mol. The first-order valence-electron chi connectivity index (χ1n) is 17.3. The molecule has 0 fully saturated rings. The van der Waals surface area contributed by atoms with E-state index in [0.29, 0.717) is 54.7 Å². The summed E-state index contributed by atoms with van der Waals surface area (Å²) in [6.45, 7) is 8.15. The monoisotopic (exact) mass is 690 g/mol. The number of hydrogen-bond acceptors (Lipinski definition) is 9. The van der Waals surface area contributed by atoms with Crippen molar-refractivity contribution in [3.8, 4) is 23.0 Å². The third-order valence-electron chi connectivity index (χ3n) is 9.04. The highest BCUT2D eigenvalue weighted by Gasteiger charge is 2.30. The van der Waals surface area contributed by atoms with Crippen molar-refractivity contribution in [1.29, 1.82) is 0 Å². The van der Waals surface area contributed by atoms with Crippen LogP contribution in [0.1, 0.15) is 56.0 Å². The number of rotatable bonds is 9. The molecule has 0 aromatic heterocycles. The molecule has 12 heteroatoms. The van der Waals surface area contributed by atoms with Gasteiger partial charge in [0.05, 0.1) is 37.5 Å². The van der Waals surface area contributed by atoms with E-state index in [1.807, 2.05) is 32.0 Å². The molecule has 0 bridgehead atoms. The highest BCUT2D eigenvalue weighted by atomic mass is 16.7. The normalized spacial score (nSPS) is 20.3. The van der Waals surface area contributed by atoms with E-state index >= 15 is 0 Å². The molecule has 0 saturated carbocycles. The Balaban J connectivity index is 1.35. The molecule has 2 heterocycles. The van der Waals surface area contributed by atoms with Crippen LogP contribution < -0.4 is 29.6 Å². The fraction of sp³-hybridized carbons (Fsp3) is 0.474. The van der Waals surface area contributed by atoms with Crippen LogP contribution in [0, 0.1) is 5.92 Å². The van der Waals surface area contributed by atoms with E-state index in [9.17, 15) is 14.7 Å². The van der Waals surface area contributed by atoms with Crippen molar-refractivity contribution in [1.82, 2.24) is 9.80 Å². The van der Waals surface area contributed by atoms with Gasteiger partial charge in [0, 0.05) is 43.5 Å². The maximum absolute atomic E-state index is 14.4. The summed E-state index contributed by atoms with van der Waals surface area (Å²) in [7, 11) is 3.63. The van der Waals surface area contributed by atoms with E-state index < -0.39 is 12.1 Å². The number of benzene rings is 3. The van der Waals surface area contributed by atoms with E-state index in [2.05, 4.69) is 29.5 Å². The Morgan fingerprint density at radius 1 is 1.00 bits per heavy atom. The number of amides is 3. The van der Waals surface area contributed by atoms with Gasteiger partial charge in [0.1, 0.15) is 11.5 Å². The Bertz CT molecular complexity index is 1590. The largest absolute Gasteiger partial charge is 0.497 e. The first-order chi connectivity index (χ1) is 24.1. The van der Waals surface area contributed by atoms with Crippen LogP contribution >= 0.6 is 0 Å². The van der Waals surface area contributed by atoms with E-state index in [-0.39, 0.29) is 37.4 Å². The molecule has 0 spiro atoms. The molecule has 0 radical (unpaired) electrons. The van der Waals surface area contributed by atoms with Gasteiger partial charge in [-0.1, -0.05) is 13.0 Å². The molecule has 270 valence electrons. The highest BCUT2D eigenvalue weighted by Crippen LogP contribution is 2.33. The number of aliphatic hydroxyl groups is 1. The molecular weight excluding hydrogens is 640 g/mol. The number of urea groups is 1. The number of ether oxygens (including phenoxy) is 5. The van der Waals surface area contributed by atoms with E-state index in [0.717, 1.165) is 36.3 Å². The molecule has 2 aliphatic rings. The predicted octanol–water partition coefficient (Wildman–Crippen LogP) is 6.00. The lowest BCUT2D eigenvalue weighted by Gasteiger charge is -2.36. The highest BCUT2D eigenvalue weighted by molar-refractivity contribution is 6.02. The lowest BCUT2D eigenvalue weighted by atomic mass is 10.0. The number of nitrogens with one attached hydrogen (secondary N) is 2. The molecule has 0 unspecified atom stereocenters. The van der Waals surface area contributed by atoms with Crippen LogP contribution in [0.2, 0.25) is 0 Å². The van der Waals surface area contributed by atoms with Gasteiger partial charge >= 0.3 is 6.03 Å². The summed E-state index contributed by atoms with van der Waals surface area (Å²) in [5, 5.41) is 15.9. The lowest BCUT2D eigenvalue weighted by molar-refractivity contribution is -0.0177. The molecule has 3 N–H and O–H groups in total. The lowest BCUT2D eigenvalue weighted by Crippen LogP contribution is -2.47. The Morgan fingerprint density at radius 3 is 2.48 bits per heavy atom. The minimum atomic E-state index is -0.481. The van der Waals surface area contributed by atoms with Crippen LogP contribution in [0.15, 0.2) is 60.7 Å². The maximum Gasteiger partial charge on any atom is 0.323 e.